The lowest BCUT2D eigenvalue weighted by Gasteiger charge is -2.07. The summed E-state index contributed by atoms with van der Waals surface area (Å²) in [5.74, 6) is 0.227. The molecule has 0 bridgehead atoms. The fourth-order valence-corrected chi connectivity index (χ4v) is 2.34. The molecular weight excluding hydrogens is 347 g/mol. The van der Waals surface area contributed by atoms with E-state index >= 15 is 0 Å². The monoisotopic (exact) mass is 356 g/mol. The summed E-state index contributed by atoms with van der Waals surface area (Å²) >= 11 is 12.0. The summed E-state index contributed by atoms with van der Waals surface area (Å²) in [5, 5.41) is 26.5. The van der Waals surface area contributed by atoms with Crippen LogP contribution in [0.15, 0.2) is 48.7 Å². The fourth-order valence-electron chi connectivity index (χ4n) is 2.04. The number of halogens is 2. The maximum atomic E-state index is 9.16. The molecule has 118 valence electrons. The van der Waals surface area contributed by atoms with Gasteiger partial charge in [-0.25, -0.2) is 0 Å². The van der Waals surface area contributed by atoms with Crippen molar-refractivity contribution < 1.29 is 0 Å². The van der Waals surface area contributed by atoms with Crippen molar-refractivity contribution in [3.8, 4) is 17.2 Å². The molecule has 1 heterocycles. The minimum absolute atomic E-state index is 0.227. The zero-order chi connectivity index (χ0) is 16.9. The Kier molecular flexibility index (Phi) is 4.75. The van der Waals surface area contributed by atoms with E-state index in [1.807, 2.05) is 36.4 Å². The summed E-state index contributed by atoms with van der Waals surface area (Å²) in [6.07, 6.45) is 1.53. The summed E-state index contributed by atoms with van der Waals surface area (Å²) in [6, 6.07) is 15.1. The van der Waals surface area contributed by atoms with Crippen LogP contribution in [0.5, 0.6) is 0 Å². The molecule has 0 saturated carbocycles. The van der Waals surface area contributed by atoms with Crippen molar-refractivity contribution in [2.24, 2.45) is 0 Å². The molecule has 2 N–H and O–H groups in total. The van der Waals surface area contributed by atoms with Gasteiger partial charge in [0.25, 0.3) is 0 Å². The molecule has 0 aliphatic carbocycles. The van der Waals surface area contributed by atoms with Crippen LogP contribution < -0.4 is 5.32 Å². The summed E-state index contributed by atoms with van der Waals surface area (Å²) in [5.41, 5.74) is 2.97. The van der Waals surface area contributed by atoms with E-state index in [2.05, 4.69) is 25.9 Å². The quantitative estimate of drug-likeness (QED) is 0.685. The Bertz CT molecular complexity index is 928. The van der Waals surface area contributed by atoms with Crippen molar-refractivity contribution in [2.45, 2.75) is 0 Å². The molecule has 0 atom stereocenters. The van der Waals surface area contributed by atoms with E-state index in [0.29, 0.717) is 10.0 Å². The lowest BCUT2D eigenvalue weighted by atomic mass is 10.1. The second-order valence-electron chi connectivity index (χ2n) is 4.76. The number of tetrazole rings is 1. The van der Waals surface area contributed by atoms with Crippen LogP contribution in [0.2, 0.25) is 10.0 Å². The lowest BCUT2D eigenvalue weighted by molar-refractivity contribution is 0.881. The smallest absolute Gasteiger partial charge is 0.216 e. The van der Waals surface area contributed by atoms with Gasteiger partial charge in [0.05, 0.1) is 10.0 Å². The van der Waals surface area contributed by atoms with Crippen molar-refractivity contribution in [2.75, 3.05) is 5.32 Å². The minimum Gasteiger partial charge on any atom is -0.360 e. The van der Waals surface area contributed by atoms with Gasteiger partial charge in [-0.3, -0.25) is 0 Å². The number of H-pyrrole nitrogens is 1. The number of aromatic nitrogens is 4. The van der Waals surface area contributed by atoms with Crippen LogP contribution in [0.25, 0.3) is 16.7 Å². The largest absolute Gasteiger partial charge is 0.360 e. The predicted octanol–water partition coefficient (Wildman–Crippen LogP) is 4.15. The van der Waals surface area contributed by atoms with Crippen LogP contribution >= 0.6 is 23.2 Å². The summed E-state index contributed by atoms with van der Waals surface area (Å²) in [7, 11) is 0. The van der Waals surface area contributed by atoms with Crippen LogP contribution in [0.1, 0.15) is 5.82 Å². The first-order chi connectivity index (χ1) is 11.7. The number of hydrogen-bond donors (Lipinski definition) is 2. The van der Waals surface area contributed by atoms with E-state index in [0.717, 1.165) is 16.8 Å². The lowest BCUT2D eigenvalue weighted by Crippen LogP contribution is -1.93. The number of allylic oxidation sites excluding steroid dienone is 1. The van der Waals surface area contributed by atoms with Crippen molar-refractivity contribution in [3.05, 3.63) is 64.5 Å². The van der Waals surface area contributed by atoms with Crippen molar-refractivity contribution in [1.82, 2.24) is 20.6 Å². The maximum Gasteiger partial charge on any atom is 0.216 e. The maximum absolute atomic E-state index is 9.16. The molecule has 3 rings (SSSR count). The minimum atomic E-state index is 0.227. The highest BCUT2D eigenvalue weighted by atomic mass is 35.5. The average Bonchev–Trinajstić information content (AvgIpc) is 3.13. The Hall–Kier alpha value is -2.88. The third kappa shape index (κ3) is 3.54. The van der Waals surface area contributed by atoms with E-state index in [1.54, 1.807) is 12.1 Å². The standard InChI is InChI=1S/C16H10Cl2N6/c17-14-5-4-11(7-15(14)18)10-2-1-3-13(6-10)20-9-12(8-19)16-21-23-24-22-16/h1-7,9,20H,(H,21,22,23,24). The van der Waals surface area contributed by atoms with Crippen molar-refractivity contribution in [1.29, 1.82) is 5.26 Å². The number of nitrogens with one attached hydrogen (secondary N) is 2. The topological polar surface area (TPSA) is 90.3 Å². The van der Waals surface area contributed by atoms with Gasteiger partial charge >= 0.3 is 0 Å². The zero-order valence-electron chi connectivity index (χ0n) is 12.2. The van der Waals surface area contributed by atoms with E-state index in [9.17, 15) is 0 Å². The molecule has 0 amide bonds. The molecule has 0 aliphatic rings. The molecule has 0 saturated heterocycles. The Morgan fingerprint density at radius 1 is 1.12 bits per heavy atom. The first-order valence-electron chi connectivity index (χ1n) is 6.83. The second kappa shape index (κ2) is 7.13. The number of aromatic amines is 1. The van der Waals surface area contributed by atoms with Crippen LogP contribution in [0.3, 0.4) is 0 Å². The normalized spacial score (nSPS) is 11.1. The molecule has 24 heavy (non-hydrogen) atoms. The van der Waals surface area contributed by atoms with Gasteiger partial charge in [0.2, 0.25) is 5.82 Å². The molecule has 0 spiro atoms. The van der Waals surface area contributed by atoms with E-state index in [1.165, 1.54) is 6.20 Å². The number of nitriles is 1. The highest BCUT2D eigenvalue weighted by Gasteiger charge is 2.06. The Balaban J connectivity index is 1.85. The predicted molar refractivity (Wildman–Crippen MR) is 93.3 cm³/mol. The first-order valence-corrected chi connectivity index (χ1v) is 7.59. The molecule has 0 fully saturated rings. The van der Waals surface area contributed by atoms with Gasteiger partial charge in [0, 0.05) is 11.9 Å². The van der Waals surface area contributed by atoms with Crippen molar-refractivity contribution in [3.63, 3.8) is 0 Å². The van der Waals surface area contributed by atoms with Crippen LogP contribution in [0, 0.1) is 11.3 Å². The molecule has 3 aromatic rings. The number of rotatable bonds is 4. The number of hydrogen-bond acceptors (Lipinski definition) is 5. The fraction of sp³-hybridized carbons (Fsp3) is 0. The SMILES string of the molecule is N#CC(=CNc1cccc(-c2ccc(Cl)c(Cl)c2)c1)c1nn[nH]n1. The molecule has 2 aromatic carbocycles. The highest BCUT2D eigenvalue weighted by Crippen LogP contribution is 2.29. The van der Waals surface area contributed by atoms with Gasteiger partial charge in [0.15, 0.2) is 0 Å². The summed E-state index contributed by atoms with van der Waals surface area (Å²) in [4.78, 5) is 0. The van der Waals surface area contributed by atoms with Gasteiger partial charge in [-0.05, 0) is 40.6 Å². The summed E-state index contributed by atoms with van der Waals surface area (Å²) in [6.45, 7) is 0. The first kappa shape index (κ1) is 16.0. The van der Waals surface area contributed by atoms with Crippen LogP contribution in [-0.2, 0) is 0 Å². The molecule has 6 nitrogen and oxygen atoms in total. The number of benzene rings is 2. The molecule has 8 heteroatoms. The molecule has 0 radical (unpaired) electrons. The zero-order valence-corrected chi connectivity index (χ0v) is 13.7. The van der Waals surface area contributed by atoms with Crippen molar-refractivity contribution >= 4 is 34.5 Å². The van der Waals surface area contributed by atoms with E-state index < -0.39 is 0 Å². The molecule has 0 aliphatic heterocycles. The highest BCUT2D eigenvalue weighted by molar-refractivity contribution is 6.42. The van der Waals surface area contributed by atoms with E-state index in [-0.39, 0.29) is 11.4 Å². The van der Waals surface area contributed by atoms with Gasteiger partial charge < -0.3 is 5.32 Å². The van der Waals surface area contributed by atoms with E-state index in [4.69, 9.17) is 28.5 Å². The number of nitrogens with zero attached hydrogens (tertiary/aromatic N) is 4. The second-order valence-corrected chi connectivity index (χ2v) is 5.57. The Morgan fingerprint density at radius 2 is 1.96 bits per heavy atom. The van der Waals surface area contributed by atoms with Gasteiger partial charge in [-0.2, -0.15) is 10.5 Å². The molecule has 1 aromatic heterocycles. The Morgan fingerprint density at radius 3 is 2.67 bits per heavy atom. The van der Waals surface area contributed by atoms with Crippen LogP contribution in [0.4, 0.5) is 5.69 Å². The summed E-state index contributed by atoms with van der Waals surface area (Å²) < 4.78 is 0. The molecular formula is C16H10Cl2N6. The molecule has 0 unspecified atom stereocenters. The third-order valence-corrected chi connectivity index (χ3v) is 3.94. The third-order valence-electron chi connectivity index (χ3n) is 3.21. The van der Waals surface area contributed by atoms with Gasteiger partial charge in [0.1, 0.15) is 11.6 Å². The average molecular weight is 357 g/mol. The van der Waals surface area contributed by atoms with Gasteiger partial charge in [-0.1, -0.05) is 41.4 Å². The number of anilines is 1. The van der Waals surface area contributed by atoms with Gasteiger partial charge in [-0.15, -0.1) is 10.2 Å². The Labute approximate surface area is 147 Å². The van der Waals surface area contributed by atoms with Crippen LogP contribution in [-0.4, -0.2) is 20.6 Å².